The van der Waals surface area contributed by atoms with Gasteiger partial charge in [0.2, 0.25) is 0 Å². The van der Waals surface area contributed by atoms with E-state index < -0.39 is 0 Å². The van der Waals surface area contributed by atoms with Gasteiger partial charge in [-0.2, -0.15) is 0 Å². The lowest BCUT2D eigenvalue weighted by Gasteiger charge is -2.21. The lowest BCUT2D eigenvalue weighted by atomic mass is 10.1. The summed E-state index contributed by atoms with van der Waals surface area (Å²) in [6.07, 6.45) is 1.96. The molecule has 2 aromatic carbocycles. The van der Waals surface area contributed by atoms with E-state index >= 15 is 0 Å². The third-order valence-electron chi connectivity index (χ3n) is 4.52. The van der Waals surface area contributed by atoms with Crippen LogP contribution in [0.2, 0.25) is 0 Å². The van der Waals surface area contributed by atoms with Crippen LogP contribution in [0.3, 0.4) is 0 Å². The third kappa shape index (κ3) is 3.45. The lowest BCUT2D eigenvalue weighted by molar-refractivity contribution is 0.102. The molecule has 1 N–H and O–H groups in total. The van der Waals surface area contributed by atoms with E-state index in [1.807, 2.05) is 56.5 Å². The number of ether oxygens (including phenoxy) is 2. The molecule has 0 saturated heterocycles. The van der Waals surface area contributed by atoms with Crippen molar-refractivity contribution in [2.75, 3.05) is 24.8 Å². The number of fused-ring (bicyclic) bond motifs is 2. The van der Waals surface area contributed by atoms with E-state index in [1.54, 1.807) is 11.8 Å². The first kappa shape index (κ1) is 17.7. The molecule has 3 aromatic rings. The number of anilines is 1. The molecule has 0 radical (unpaired) electrons. The van der Waals surface area contributed by atoms with Crippen molar-refractivity contribution in [1.82, 2.24) is 4.98 Å². The highest BCUT2D eigenvalue weighted by Gasteiger charge is 2.19. The maximum absolute atomic E-state index is 12.9. The van der Waals surface area contributed by atoms with Crippen LogP contribution >= 0.6 is 11.8 Å². The maximum atomic E-state index is 12.9. The van der Waals surface area contributed by atoms with Gasteiger partial charge in [-0.25, -0.2) is 0 Å². The summed E-state index contributed by atoms with van der Waals surface area (Å²) in [4.78, 5) is 18.5. The predicted octanol–water partition coefficient (Wildman–Crippen LogP) is 4.60. The minimum atomic E-state index is -0.186. The topological polar surface area (TPSA) is 60.5 Å². The Morgan fingerprint density at radius 3 is 2.56 bits per heavy atom. The van der Waals surface area contributed by atoms with Crippen LogP contribution in [0.5, 0.6) is 11.5 Å². The van der Waals surface area contributed by atoms with Crippen molar-refractivity contribution in [2.24, 2.45) is 0 Å². The van der Waals surface area contributed by atoms with Gasteiger partial charge in [-0.1, -0.05) is 12.1 Å². The highest BCUT2D eigenvalue weighted by molar-refractivity contribution is 7.98. The fourth-order valence-electron chi connectivity index (χ4n) is 3.13. The molecule has 0 fully saturated rings. The molecule has 0 saturated carbocycles. The first-order valence-corrected chi connectivity index (χ1v) is 9.94. The van der Waals surface area contributed by atoms with Crippen molar-refractivity contribution in [1.29, 1.82) is 0 Å². The Hall–Kier alpha value is -2.73. The Morgan fingerprint density at radius 1 is 1.07 bits per heavy atom. The van der Waals surface area contributed by atoms with E-state index in [1.165, 1.54) is 0 Å². The largest absolute Gasteiger partial charge is 0.486 e. The molecule has 0 aliphatic carbocycles. The standard InChI is InChI=1S/C21H20N2O3S/c1-12-4-5-14-9-15(13(2)22-16(14)8-12)21(24)23-17-10-18-19(11-20(17)27-3)26-7-6-25-18/h4-5,8-11H,6-7H2,1-3H3,(H,23,24). The van der Waals surface area contributed by atoms with Crippen molar-refractivity contribution in [3.63, 3.8) is 0 Å². The molecule has 0 unspecified atom stereocenters. The van der Waals surface area contributed by atoms with Crippen LogP contribution in [0, 0.1) is 13.8 Å². The van der Waals surface area contributed by atoms with Crippen LogP contribution in [-0.2, 0) is 0 Å². The number of rotatable bonds is 3. The highest BCUT2D eigenvalue weighted by atomic mass is 32.2. The fourth-order valence-corrected chi connectivity index (χ4v) is 3.68. The van der Waals surface area contributed by atoms with Crippen molar-refractivity contribution in [3.05, 3.63) is 53.2 Å². The van der Waals surface area contributed by atoms with E-state index in [2.05, 4.69) is 10.3 Å². The van der Waals surface area contributed by atoms with Crippen molar-refractivity contribution in [3.8, 4) is 11.5 Å². The fraction of sp³-hybridized carbons (Fsp3) is 0.238. The minimum Gasteiger partial charge on any atom is -0.486 e. The summed E-state index contributed by atoms with van der Waals surface area (Å²) in [5.41, 5.74) is 4.02. The number of nitrogens with one attached hydrogen (secondary N) is 1. The normalized spacial score (nSPS) is 12.9. The van der Waals surface area contributed by atoms with Gasteiger partial charge >= 0.3 is 0 Å². The Kier molecular flexibility index (Phi) is 4.66. The van der Waals surface area contributed by atoms with Crippen LogP contribution in [-0.4, -0.2) is 30.4 Å². The summed E-state index contributed by atoms with van der Waals surface area (Å²) in [5.74, 6) is 1.18. The quantitative estimate of drug-likeness (QED) is 0.673. The maximum Gasteiger partial charge on any atom is 0.257 e. The first-order valence-electron chi connectivity index (χ1n) is 8.72. The number of aromatic nitrogens is 1. The SMILES string of the molecule is CSc1cc2c(cc1NC(=O)c1cc3ccc(C)cc3nc1C)OCCO2. The van der Waals surface area contributed by atoms with Gasteiger partial charge in [-0.3, -0.25) is 9.78 Å². The molecular weight excluding hydrogens is 360 g/mol. The van der Waals surface area contributed by atoms with E-state index in [-0.39, 0.29) is 5.91 Å². The molecular formula is C21H20N2O3S. The molecule has 1 amide bonds. The molecule has 27 heavy (non-hydrogen) atoms. The molecule has 1 aromatic heterocycles. The summed E-state index contributed by atoms with van der Waals surface area (Å²) >= 11 is 1.55. The predicted molar refractivity (Wildman–Crippen MR) is 108 cm³/mol. The summed E-state index contributed by atoms with van der Waals surface area (Å²) < 4.78 is 11.3. The zero-order chi connectivity index (χ0) is 19.0. The van der Waals surface area contributed by atoms with Crippen molar-refractivity contribution < 1.29 is 14.3 Å². The molecule has 4 rings (SSSR count). The van der Waals surface area contributed by atoms with E-state index in [0.717, 1.165) is 21.4 Å². The number of hydrogen-bond donors (Lipinski definition) is 1. The van der Waals surface area contributed by atoms with Gasteiger partial charge in [-0.15, -0.1) is 11.8 Å². The van der Waals surface area contributed by atoms with Crippen molar-refractivity contribution >= 4 is 34.3 Å². The molecule has 5 nitrogen and oxygen atoms in total. The second-order valence-electron chi connectivity index (χ2n) is 6.47. The number of nitrogens with zero attached hydrogens (tertiary/aromatic N) is 1. The summed E-state index contributed by atoms with van der Waals surface area (Å²) in [6.45, 7) is 4.93. The van der Waals surface area contributed by atoms with Gasteiger partial charge in [-0.05, 0) is 43.9 Å². The van der Waals surface area contributed by atoms with Gasteiger partial charge in [0, 0.05) is 16.3 Å². The summed E-state index contributed by atoms with van der Waals surface area (Å²) in [6, 6.07) is 11.7. The summed E-state index contributed by atoms with van der Waals surface area (Å²) in [7, 11) is 0. The zero-order valence-electron chi connectivity index (χ0n) is 15.5. The molecule has 1 aliphatic rings. The van der Waals surface area contributed by atoms with E-state index in [9.17, 15) is 4.79 Å². The second-order valence-corrected chi connectivity index (χ2v) is 7.32. The number of amides is 1. The van der Waals surface area contributed by atoms with Gasteiger partial charge in [0.25, 0.3) is 5.91 Å². The van der Waals surface area contributed by atoms with Gasteiger partial charge in [0.05, 0.1) is 22.5 Å². The molecule has 1 aliphatic heterocycles. The molecule has 2 heterocycles. The molecule has 138 valence electrons. The molecule has 0 bridgehead atoms. The monoisotopic (exact) mass is 380 g/mol. The number of aryl methyl sites for hydroxylation is 2. The van der Waals surface area contributed by atoms with Gasteiger partial charge < -0.3 is 14.8 Å². The third-order valence-corrected chi connectivity index (χ3v) is 5.30. The first-order chi connectivity index (χ1) is 13.0. The van der Waals surface area contributed by atoms with Crippen LogP contribution < -0.4 is 14.8 Å². The smallest absolute Gasteiger partial charge is 0.257 e. The van der Waals surface area contributed by atoms with Crippen molar-refractivity contribution in [2.45, 2.75) is 18.7 Å². The second kappa shape index (κ2) is 7.12. The number of thioether (sulfide) groups is 1. The minimum absolute atomic E-state index is 0.186. The molecule has 0 atom stereocenters. The average Bonchev–Trinajstić information content (AvgIpc) is 2.66. The Morgan fingerprint density at radius 2 is 1.81 bits per heavy atom. The van der Waals surface area contributed by atoms with Crippen LogP contribution in [0.25, 0.3) is 10.9 Å². The lowest BCUT2D eigenvalue weighted by Crippen LogP contribution is -2.18. The number of hydrogen-bond acceptors (Lipinski definition) is 5. The van der Waals surface area contributed by atoms with E-state index in [0.29, 0.717) is 41.7 Å². The Labute approximate surface area is 162 Å². The Bertz CT molecular complexity index is 1050. The molecule has 0 spiro atoms. The van der Waals surface area contributed by atoms with Crippen LogP contribution in [0.1, 0.15) is 21.6 Å². The molecule has 6 heteroatoms. The highest BCUT2D eigenvalue weighted by Crippen LogP contribution is 2.39. The van der Waals surface area contributed by atoms with Crippen LogP contribution in [0.15, 0.2) is 41.3 Å². The van der Waals surface area contributed by atoms with Gasteiger partial charge in [0.1, 0.15) is 13.2 Å². The number of pyridine rings is 1. The summed E-state index contributed by atoms with van der Waals surface area (Å²) in [5, 5.41) is 3.96. The average molecular weight is 380 g/mol. The van der Waals surface area contributed by atoms with E-state index in [4.69, 9.17) is 9.47 Å². The number of carbonyl (C=O) groups is 1. The van der Waals surface area contributed by atoms with Gasteiger partial charge in [0.15, 0.2) is 11.5 Å². The number of benzene rings is 2. The van der Waals surface area contributed by atoms with Crippen LogP contribution in [0.4, 0.5) is 5.69 Å². The zero-order valence-corrected chi connectivity index (χ0v) is 16.3. The Balaban J connectivity index is 1.69. The number of carbonyl (C=O) groups excluding carboxylic acids is 1.